The topological polar surface area (TPSA) is 35.5 Å². The van der Waals surface area contributed by atoms with Crippen LogP contribution in [-0.2, 0) is 0 Å². The molecule has 3 atom stereocenters. The number of aliphatic hydroxyl groups excluding tert-OH is 1. The van der Waals surface area contributed by atoms with Crippen LogP contribution in [0.2, 0.25) is 0 Å². The summed E-state index contributed by atoms with van der Waals surface area (Å²) in [6, 6.07) is 1.85. The zero-order valence-corrected chi connectivity index (χ0v) is 13.0. The van der Waals surface area contributed by atoms with Crippen molar-refractivity contribution in [3.8, 4) is 0 Å². The smallest absolute Gasteiger partial charge is 0.0613 e. The molecule has 2 N–H and O–H groups in total. The number of hydrogen-bond acceptors (Lipinski definition) is 3. The second-order valence-electron chi connectivity index (χ2n) is 7.07. The summed E-state index contributed by atoms with van der Waals surface area (Å²) in [5, 5.41) is 13.5. The molecule has 0 aromatic rings. The summed E-state index contributed by atoms with van der Waals surface area (Å²) in [6.45, 7) is 8.29. The molecule has 3 nitrogen and oxygen atoms in total. The van der Waals surface area contributed by atoms with Crippen molar-refractivity contribution in [1.29, 1.82) is 0 Å². The molecule has 3 heteroatoms. The van der Waals surface area contributed by atoms with Gasteiger partial charge in [-0.3, -0.25) is 4.90 Å². The quantitative estimate of drug-likeness (QED) is 0.822. The van der Waals surface area contributed by atoms with Crippen molar-refractivity contribution in [1.82, 2.24) is 10.2 Å². The van der Waals surface area contributed by atoms with Gasteiger partial charge in [0.15, 0.2) is 0 Å². The Morgan fingerprint density at radius 1 is 1.26 bits per heavy atom. The van der Waals surface area contributed by atoms with Crippen LogP contribution in [-0.4, -0.2) is 46.8 Å². The van der Waals surface area contributed by atoms with E-state index in [9.17, 15) is 5.11 Å². The van der Waals surface area contributed by atoms with Crippen LogP contribution in [0.5, 0.6) is 0 Å². The van der Waals surface area contributed by atoms with E-state index in [0.717, 1.165) is 18.9 Å². The first-order chi connectivity index (χ1) is 9.06. The predicted molar refractivity (Wildman–Crippen MR) is 80.4 cm³/mol. The summed E-state index contributed by atoms with van der Waals surface area (Å²) in [4.78, 5) is 2.72. The Hall–Kier alpha value is -0.120. The lowest BCUT2D eigenvalue weighted by molar-refractivity contribution is 0.0250. The molecule has 0 bridgehead atoms. The van der Waals surface area contributed by atoms with Gasteiger partial charge in [0.2, 0.25) is 0 Å². The first-order valence-corrected chi connectivity index (χ1v) is 8.20. The van der Waals surface area contributed by atoms with Gasteiger partial charge in [-0.05, 0) is 52.0 Å². The first kappa shape index (κ1) is 15.3. The van der Waals surface area contributed by atoms with E-state index in [-0.39, 0.29) is 12.1 Å². The highest BCUT2D eigenvalue weighted by Crippen LogP contribution is 2.34. The molecule has 3 unspecified atom stereocenters. The SMILES string of the molecule is CC(C)NC1(CO)CCCC(N2CCCCC2C)C1. The molecule has 0 spiro atoms. The zero-order valence-electron chi connectivity index (χ0n) is 13.0. The van der Waals surface area contributed by atoms with Crippen LogP contribution in [0.1, 0.15) is 65.7 Å². The maximum absolute atomic E-state index is 9.89. The Kier molecular flexibility index (Phi) is 5.27. The van der Waals surface area contributed by atoms with E-state index in [4.69, 9.17) is 0 Å². The molecule has 1 saturated heterocycles. The van der Waals surface area contributed by atoms with Crippen LogP contribution in [0, 0.1) is 0 Å². The lowest BCUT2D eigenvalue weighted by atomic mass is 9.77. The average Bonchev–Trinajstić information content (AvgIpc) is 2.39. The van der Waals surface area contributed by atoms with Gasteiger partial charge in [0, 0.05) is 23.7 Å². The molecule has 2 rings (SSSR count). The monoisotopic (exact) mass is 268 g/mol. The van der Waals surface area contributed by atoms with Crippen molar-refractivity contribution < 1.29 is 5.11 Å². The van der Waals surface area contributed by atoms with Gasteiger partial charge in [0.25, 0.3) is 0 Å². The fourth-order valence-electron chi connectivity index (χ4n) is 4.21. The second kappa shape index (κ2) is 6.55. The molecule has 1 heterocycles. The molecule has 1 aliphatic carbocycles. The minimum atomic E-state index is -0.0335. The van der Waals surface area contributed by atoms with E-state index >= 15 is 0 Å². The summed E-state index contributed by atoms with van der Waals surface area (Å²) in [6.07, 6.45) is 8.89. The van der Waals surface area contributed by atoms with Gasteiger partial charge in [-0.25, -0.2) is 0 Å². The normalized spacial score (nSPS) is 37.7. The third-order valence-corrected chi connectivity index (χ3v) is 5.04. The van der Waals surface area contributed by atoms with Crippen LogP contribution < -0.4 is 5.32 Å². The van der Waals surface area contributed by atoms with Gasteiger partial charge in [0.05, 0.1) is 6.61 Å². The maximum Gasteiger partial charge on any atom is 0.0613 e. The first-order valence-electron chi connectivity index (χ1n) is 8.20. The minimum Gasteiger partial charge on any atom is -0.394 e. The fourth-order valence-corrected chi connectivity index (χ4v) is 4.21. The molecule has 0 aromatic carbocycles. The molecule has 0 radical (unpaired) electrons. The Labute approximate surface area is 118 Å². The summed E-state index contributed by atoms with van der Waals surface area (Å²) < 4.78 is 0. The summed E-state index contributed by atoms with van der Waals surface area (Å²) in [5.74, 6) is 0. The number of nitrogens with zero attached hydrogens (tertiary/aromatic N) is 1. The third-order valence-electron chi connectivity index (χ3n) is 5.04. The average molecular weight is 268 g/mol. The molecule has 2 fully saturated rings. The number of likely N-dealkylation sites (tertiary alicyclic amines) is 1. The number of hydrogen-bond donors (Lipinski definition) is 2. The van der Waals surface area contributed by atoms with Gasteiger partial charge in [-0.2, -0.15) is 0 Å². The Bertz CT molecular complexity index is 282. The van der Waals surface area contributed by atoms with Crippen LogP contribution in [0.3, 0.4) is 0 Å². The second-order valence-corrected chi connectivity index (χ2v) is 7.07. The Balaban J connectivity index is 2.02. The van der Waals surface area contributed by atoms with Gasteiger partial charge >= 0.3 is 0 Å². The van der Waals surface area contributed by atoms with Crippen LogP contribution in [0.25, 0.3) is 0 Å². The molecule has 1 saturated carbocycles. The minimum absolute atomic E-state index is 0.0335. The van der Waals surface area contributed by atoms with Gasteiger partial charge in [-0.1, -0.05) is 20.3 Å². The van der Waals surface area contributed by atoms with Gasteiger partial charge < -0.3 is 10.4 Å². The lowest BCUT2D eigenvalue weighted by Crippen LogP contribution is -2.59. The molecule has 112 valence electrons. The van der Waals surface area contributed by atoms with Crippen LogP contribution in [0.15, 0.2) is 0 Å². The van der Waals surface area contributed by atoms with Crippen molar-refractivity contribution in [2.45, 2.75) is 89.4 Å². The standard InChI is InChI=1S/C16H32N2O/c1-13(2)17-16(12-19)9-6-8-15(11-16)18-10-5-4-7-14(18)3/h13-15,17,19H,4-12H2,1-3H3. The highest BCUT2D eigenvalue weighted by molar-refractivity contribution is 4.98. The number of piperidine rings is 1. The van der Waals surface area contributed by atoms with E-state index in [1.165, 1.54) is 38.6 Å². The largest absolute Gasteiger partial charge is 0.394 e. The fraction of sp³-hybridized carbons (Fsp3) is 1.00. The lowest BCUT2D eigenvalue weighted by Gasteiger charge is -2.48. The summed E-state index contributed by atoms with van der Waals surface area (Å²) in [5.41, 5.74) is -0.0335. The highest BCUT2D eigenvalue weighted by Gasteiger charge is 2.39. The van der Waals surface area contributed by atoms with Crippen LogP contribution in [0.4, 0.5) is 0 Å². The van der Waals surface area contributed by atoms with Crippen molar-refractivity contribution in [3.63, 3.8) is 0 Å². The highest BCUT2D eigenvalue weighted by atomic mass is 16.3. The number of rotatable bonds is 4. The van der Waals surface area contributed by atoms with Crippen molar-refractivity contribution in [3.05, 3.63) is 0 Å². The van der Waals surface area contributed by atoms with Gasteiger partial charge in [0.1, 0.15) is 0 Å². The maximum atomic E-state index is 9.89. The van der Waals surface area contributed by atoms with Gasteiger partial charge in [-0.15, -0.1) is 0 Å². The predicted octanol–water partition coefficient (Wildman–Crippen LogP) is 2.53. The molecular weight excluding hydrogens is 236 g/mol. The third kappa shape index (κ3) is 3.71. The van der Waals surface area contributed by atoms with E-state index in [2.05, 4.69) is 31.0 Å². The van der Waals surface area contributed by atoms with E-state index < -0.39 is 0 Å². The summed E-state index contributed by atoms with van der Waals surface area (Å²) in [7, 11) is 0. The van der Waals surface area contributed by atoms with E-state index in [1.54, 1.807) is 0 Å². The van der Waals surface area contributed by atoms with Crippen molar-refractivity contribution in [2.24, 2.45) is 0 Å². The van der Waals surface area contributed by atoms with E-state index in [1.807, 2.05) is 0 Å². The molecular formula is C16H32N2O. The molecule has 0 aromatic heterocycles. The van der Waals surface area contributed by atoms with Crippen molar-refractivity contribution in [2.75, 3.05) is 13.2 Å². The number of aliphatic hydroxyl groups is 1. The van der Waals surface area contributed by atoms with Crippen molar-refractivity contribution >= 4 is 0 Å². The van der Waals surface area contributed by atoms with Crippen LogP contribution >= 0.6 is 0 Å². The molecule has 0 amide bonds. The molecule has 1 aliphatic heterocycles. The Morgan fingerprint density at radius 2 is 2.05 bits per heavy atom. The number of nitrogens with one attached hydrogen (secondary N) is 1. The van der Waals surface area contributed by atoms with E-state index in [0.29, 0.717) is 12.1 Å². The molecule has 19 heavy (non-hydrogen) atoms. The zero-order chi connectivity index (χ0) is 13.9. The molecule has 2 aliphatic rings. The summed E-state index contributed by atoms with van der Waals surface area (Å²) >= 11 is 0. The Morgan fingerprint density at radius 3 is 2.68 bits per heavy atom.